The van der Waals surface area contributed by atoms with Crippen molar-refractivity contribution in [3.05, 3.63) is 6.42 Å². The minimum Gasteiger partial charge on any atom is -1.00 e. The first kappa shape index (κ1) is 12.2. The first-order chi connectivity index (χ1) is 4.40. The number of rotatable bonds is 1. The van der Waals surface area contributed by atoms with Crippen LogP contribution in [0.1, 0.15) is 19.3 Å². The van der Waals surface area contributed by atoms with E-state index in [9.17, 15) is 0 Å². The molecule has 0 aliphatic heterocycles. The maximum absolute atomic E-state index is 5.29. The molecule has 2 fully saturated rings. The van der Waals surface area contributed by atoms with Crippen LogP contribution in [-0.4, -0.2) is 13.2 Å². The monoisotopic (exact) mass is 362 g/mol. The molecule has 2 bridgehead atoms. The third-order valence-corrected chi connectivity index (χ3v) is 2.71. The van der Waals surface area contributed by atoms with E-state index in [-0.39, 0.29) is 40.1 Å². The van der Waals surface area contributed by atoms with E-state index in [0.29, 0.717) is 6.10 Å². The Labute approximate surface area is 95.2 Å². The van der Waals surface area contributed by atoms with Gasteiger partial charge in [-0.2, -0.15) is 0 Å². The SMILES string of the molecule is CO[C@@H]1[CH]C2CCC1C2.[Cl-].[Hg+]. The third-order valence-electron chi connectivity index (χ3n) is 2.71. The molecule has 11 heavy (non-hydrogen) atoms. The van der Waals surface area contributed by atoms with E-state index in [4.69, 9.17) is 4.74 Å². The van der Waals surface area contributed by atoms with Gasteiger partial charge in [0.25, 0.3) is 0 Å². The number of hydrogen-bond donors (Lipinski definition) is 0. The first-order valence-corrected chi connectivity index (χ1v) is 3.78. The zero-order valence-electron chi connectivity index (χ0n) is 6.92. The van der Waals surface area contributed by atoms with Gasteiger partial charge >= 0.3 is 27.7 Å². The van der Waals surface area contributed by atoms with Crippen LogP contribution in [-0.2, 0) is 32.4 Å². The second kappa shape index (κ2) is 5.03. The number of ether oxygens (including phenoxy) is 1. The van der Waals surface area contributed by atoms with Crippen LogP contribution >= 0.6 is 0 Å². The maximum Gasteiger partial charge on any atom is 1.00 e. The molecule has 0 amide bonds. The number of hydrogen-bond acceptors (Lipinski definition) is 1. The molecular weight excluding hydrogens is 348 g/mol. The number of halogens is 1. The molecule has 60 valence electrons. The van der Waals surface area contributed by atoms with E-state index in [1.54, 1.807) is 0 Å². The predicted molar refractivity (Wildman–Crippen MR) is 35.9 cm³/mol. The van der Waals surface area contributed by atoms with Crippen molar-refractivity contribution in [2.24, 2.45) is 11.8 Å². The van der Waals surface area contributed by atoms with Crippen molar-refractivity contribution in [2.75, 3.05) is 7.11 Å². The molecule has 0 spiro atoms. The molecule has 0 aromatic carbocycles. The fraction of sp³-hybridized carbons (Fsp3) is 0.875. The molecule has 2 rings (SSSR count). The van der Waals surface area contributed by atoms with Gasteiger partial charge < -0.3 is 17.1 Å². The van der Waals surface area contributed by atoms with Gasteiger partial charge in [-0.1, -0.05) is 0 Å². The van der Waals surface area contributed by atoms with Crippen molar-refractivity contribution in [3.63, 3.8) is 0 Å². The van der Waals surface area contributed by atoms with Crippen molar-refractivity contribution in [1.29, 1.82) is 0 Å². The van der Waals surface area contributed by atoms with Crippen LogP contribution in [0.25, 0.3) is 0 Å². The Hall–Kier alpha value is 1.19. The summed E-state index contributed by atoms with van der Waals surface area (Å²) in [4.78, 5) is 0. The smallest absolute Gasteiger partial charge is 1.00 e. The quantitative estimate of drug-likeness (QED) is 0.525. The third kappa shape index (κ3) is 2.32. The molecule has 2 saturated carbocycles. The molecular formula is C8H13ClHgO. The Morgan fingerprint density at radius 2 is 2.09 bits per heavy atom. The van der Waals surface area contributed by atoms with Crippen molar-refractivity contribution in [2.45, 2.75) is 25.4 Å². The van der Waals surface area contributed by atoms with Crippen LogP contribution in [0.4, 0.5) is 0 Å². The fourth-order valence-electron chi connectivity index (χ4n) is 2.22. The average Bonchev–Trinajstić information content (AvgIpc) is 2.45. The van der Waals surface area contributed by atoms with Gasteiger partial charge in [0.05, 0.1) is 6.10 Å². The van der Waals surface area contributed by atoms with Gasteiger partial charge in [-0.05, 0) is 37.5 Å². The van der Waals surface area contributed by atoms with Crippen LogP contribution in [0, 0.1) is 18.3 Å². The van der Waals surface area contributed by atoms with Gasteiger partial charge in [0, 0.05) is 7.11 Å². The summed E-state index contributed by atoms with van der Waals surface area (Å²) >= 11 is 0. The van der Waals surface area contributed by atoms with Crippen molar-refractivity contribution >= 4 is 0 Å². The van der Waals surface area contributed by atoms with Crippen LogP contribution in [0.2, 0.25) is 0 Å². The van der Waals surface area contributed by atoms with E-state index < -0.39 is 0 Å². The molecule has 1 nitrogen and oxygen atoms in total. The summed E-state index contributed by atoms with van der Waals surface area (Å²) in [5.41, 5.74) is 0. The molecule has 0 aromatic rings. The van der Waals surface area contributed by atoms with Crippen LogP contribution in [0.3, 0.4) is 0 Å². The van der Waals surface area contributed by atoms with Crippen molar-refractivity contribution in [3.8, 4) is 0 Å². The normalized spacial score (nSPS) is 39.5. The molecule has 2 radical (unpaired) electrons. The van der Waals surface area contributed by atoms with Gasteiger partial charge in [0.2, 0.25) is 0 Å². The topological polar surface area (TPSA) is 9.23 Å². The van der Waals surface area contributed by atoms with Gasteiger partial charge in [0.1, 0.15) is 0 Å². The predicted octanol–water partition coefficient (Wildman–Crippen LogP) is -1.36. The summed E-state index contributed by atoms with van der Waals surface area (Å²) in [7, 11) is 1.82. The molecule has 2 aliphatic rings. The Morgan fingerprint density at radius 1 is 1.36 bits per heavy atom. The van der Waals surface area contributed by atoms with Crippen LogP contribution in [0.15, 0.2) is 0 Å². The van der Waals surface area contributed by atoms with Crippen molar-refractivity contribution < 1.29 is 44.8 Å². The van der Waals surface area contributed by atoms with E-state index in [2.05, 4.69) is 6.42 Å². The molecule has 0 heterocycles. The standard InChI is InChI=1S/C8H13O.ClH.Hg/c1-9-8-5-6-2-3-7(8)4-6;;/h5-8H,2-4H2,1H3;1H;/q;;+1/p-1/t6?,7?,8-;;/m1../s1. The minimum atomic E-state index is 0. The Kier molecular flexibility index (Phi) is 5.57. The number of fused-ring (bicyclic) bond motifs is 2. The second-order valence-corrected chi connectivity index (χ2v) is 3.23. The molecule has 3 atom stereocenters. The summed E-state index contributed by atoms with van der Waals surface area (Å²) in [6.07, 6.45) is 7.11. The maximum atomic E-state index is 5.29. The van der Waals surface area contributed by atoms with Crippen LogP contribution < -0.4 is 12.4 Å². The summed E-state index contributed by atoms with van der Waals surface area (Å²) in [6.45, 7) is 0. The Bertz CT molecular complexity index is 121. The summed E-state index contributed by atoms with van der Waals surface area (Å²) < 4.78 is 5.29. The van der Waals surface area contributed by atoms with E-state index in [1.807, 2.05) is 7.11 Å². The summed E-state index contributed by atoms with van der Waals surface area (Å²) in [5, 5.41) is 0. The fourth-order valence-corrected chi connectivity index (χ4v) is 2.22. The zero-order chi connectivity index (χ0) is 6.27. The van der Waals surface area contributed by atoms with Gasteiger partial charge in [-0.15, -0.1) is 0 Å². The Morgan fingerprint density at radius 3 is 2.36 bits per heavy atom. The zero-order valence-corrected chi connectivity index (χ0v) is 13.2. The Balaban J connectivity index is 0.000000500. The minimum absolute atomic E-state index is 0. The van der Waals surface area contributed by atoms with E-state index >= 15 is 0 Å². The van der Waals surface area contributed by atoms with Gasteiger partial charge in [0.15, 0.2) is 0 Å². The average molecular weight is 361 g/mol. The molecule has 0 aromatic heterocycles. The molecule has 2 aliphatic carbocycles. The second-order valence-electron chi connectivity index (χ2n) is 3.23. The van der Waals surface area contributed by atoms with Gasteiger partial charge in [-0.3, -0.25) is 0 Å². The van der Waals surface area contributed by atoms with Gasteiger partial charge in [-0.25, -0.2) is 0 Å². The number of methoxy groups -OCH3 is 1. The largest absolute Gasteiger partial charge is 1.00 e. The molecule has 3 heteroatoms. The summed E-state index contributed by atoms with van der Waals surface area (Å²) in [6, 6.07) is 0. The van der Waals surface area contributed by atoms with Crippen LogP contribution in [0.5, 0.6) is 0 Å². The summed E-state index contributed by atoms with van der Waals surface area (Å²) in [5.74, 6) is 1.78. The van der Waals surface area contributed by atoms with Crippen molar-refractivity contribution in [1.82, 2.24) is 0 Å². The first-order valence-electron chi connectivity index (χ1n) is 3.78. The molecule has 0 saturated heterocycles. The molecule has 2 unspecified atom stereocenters. The molecule has 0 N–H and O–H groups in total. The van der Waals surface area contributed by atoms with E-state index in [1.165, 1.54) is 19.3 Å². The van der Waals surface area contributed by atoms with E-state index in [0.717, 1.165) is 11.8 Å².